The number of nitrogens with zero attached hydrogens (tertiary/aromatic N) is 1. The molecule has 0 saturated carbocycles. The van der Waals surface area contributed by atoms with Gasteiger partial charge in [-0.15, -0.1) is 11.8 Å². The molecule has 50 heavy (non-hydrogen) atoms. The Labute approximate surface area is 292 Å². The van der Waals surface area contributed by atoms with Crippen LogP contribution in [0, 0.1) is 10.1 Å². The van der Waals surface area contributed by atoms with Gasteiger partial charge in [-0.2, -0.15) is 0 Å². The Morgan fingerprint density at radius 2 is 1.32 bits per heavy atom. The van der Waals surface area contributed by atoms with Gasteiger partial charge in [0.25, 0.3) is 17.5 Å². The topological polar surface area (TPSA) is 160 Å². The van der Waals surface area contributed by atoms with Crippen LogP contribution in [-0.2, 0) is 14.4 Å². The maximum atomic E-state index is 13.6. The van der Waals surface area contributed by atoms with E-state index in [1.807, 2.05) is 36.4 Å². The lowest BCUT2D eigenvalue weighted by molar-refractivity contribution is -0.384. The van der Waals surface area contributed by atoms with E-state index in [1.165, 1.54) is 49.0 Å². The molecule has 5 rings (SSSR count). The summed E-state index contributed by atoms with van der Waals surface area (Å²) in [5.41, 5.74) is 2.92. The molecule has 0 aliphatic carbocycles. The number of nitro groups is 1. The van der Waals surface area contributed by atoms with Gasteiger partial charge in [-0.3, -0.25) is 29.3 Å². The van der Waals surface area contributed by atoms with E-state index in [2.05, 4.69) is 21.3 Å². The highest BCUT2D eigenvalue weighted by atomic mass is 32.2. The fourth-order valence-corrected chi connectivity index (χ4v) is 5.82. The van der Waals surface area contributed by atoms with Crippen molar-refractivity contribution in [1.29, 1.82) is 0 Å². The third kappa shape index (κ3) is 9.75. The van der Waals surface area contributed by atoms with Crippen LogP contribution in [0.1, 0.15) is 33.7 Å². The molecule has 1 atom stereocenters. The number of nitrogens with one attached hydrogen (secondary N) is 4. The van der Waals surface area contributed by atoms with Crippen LogP contribution in [0.15, 0.2) is 144 Å². The van der Waals surface area contributed by atoms with Crippen molar-refractivity contribution in [2.75, 3.05) is 16.0 Å². The van der Waals surface area contributed by atoms with Crippen molar-refractivity contribution >= 4 is 64.2 Å². The molecule has 0 aliphatic rings. The van der Waals surface area contributed by atoms with Crippen molar-refractivity contribution in [1.82, 2.24) is 5.32 Å². The number of anilines is 3. The first-order valence-corrected chi connectivity index (χ1v) is 16.2. The van der Waals surface area contributed by atoms with Gasteiger partial charge >= 0.3 is 0 Å². The van der Waals surface area contributed by atoms with Crippen LogP contribution < -0.4 is 21.3 Å². The number of hydrogen-bond acceptors (Lipinski definition) is 7. The van der Waals surface area contributed by atoms with Crippen molar-refractivity contribution in [2.24, 2.45) is 0 Å². The molecule has 0 aromatic heterocycles. The standard InChI is InChI=1S/C38H31N5O6S/c1-25(44)39-29-17-19-30(20-18-29)40-38(47)35(27-9-4-2-5-10-27)50-33-14-8-13-31(24-33)41-37(46)34(42-36(45)28-11-6-3-7-12-28)23-26-15-21-32(22-16-26)43(48)49/h2-24,35H,1H3,(H,39,44)(H,40,47)(H,41,46)(H,42,45)/b34-23+. The zero-order chi connectivity index (χ0) is 35.5. The Morgan fingerprint density at radius 3 is 1.94 bits per heavy atom. The van der Waals surface area contributed by atoms with Crippen molar-refractivity contribution in [3.8, 4) is 0 Å². The van der Waals surface area contributed by atoms with Gasteiger partial charge in [-0.25, -0.2) is 0 Å². The zero-order valence-corrected chi connectivity index (χ0v) is 27.5. The van der Waals surface area contributed by atoms with Crippen LogP contribution >= 0.6 is 11.8 Å². The van der Waals surface area contributed by atoms with E-state index >= 15 is 0 Å². The highest BCUT2D eigenvalue weighted by Gasteiger charge is 2.23. The summed E-state index contributed by atoms with van der Waals surface area (Å²) in [5, 5.41) is 21.6. The number of carbonyl (C=O) groups excluding carboxylic acids is 4. The smallest absolute Gasteiger partial charge is 0.272 e. The summed E-state index contributed by atoms with van der Waals surface area (Å²) < 4.78 is 0. The summed E-state index contributed by atoms with van der Waals surface area (Å²) in [4.78, 5) is 62.9. The molecule has 5 aromatic carbocycles. The number of nitro benzene ring substituents is 1. The molecule has 4 N–H and O–H groups in total. The minimum atomic E-state index is -0.667. The van der Waals surface area contributed by atoms with Gasteiger partial charge in [-0.05, 0) is 83.9 Å². The third-order valence-electron chi connectivity index (χ3n) is 7.10. The molecule has 0 fully saturated rings. The number of hydrogen-bond donors (Lipinski definition) is 4. The Bertz CT molecular complexity index is 2040. The van der Waals surface area contributed by atoms with E-state index < -0.39 is 22.0 Å². The summed E-state index contributed by atoms with van der Waals surface area (Å²) in [7, 11) is 0. The summed E-state index contributed by atoms with van der Waals surface area (Å²) >= 11 is 1.28. The second-order valence-electron chi connectivity index (χ2n) is 10.9. The molecule has 0 radical (unpaired) electrons. The van der Waals surface area contributed by atoms with E-state index in [0.717, 1.165) is 5.56 Å². The number of rotatable bonds is 12. The number of amides is 4. The summed E-state index contributed by atoms with van der Waals surface area (Å²) in [5.74, 6) is -1.62. The molecule has 250 valence electrons. The first-order chi connectivity index (χ1) is 24.1. The SMILES string of the molecule is CC(=O)Nc1ccc(NC(=O)C(Sc2cccc(NC(=O)/C(=C\c3ccc([N+](=O)[O-])cc3)NC(=O)c3ccccc3)c2)c2ccccc2)cc1. The molecule has 0 saturated heterocycles. The van der Waals surface area contributed by atoms with Gasteiger partial charge in [0.2, 0.25) is 11.8 Å². The molecule has 11 nitrogen and oxygen atoms in total. The molecule has 0 bridgehead atoms. The molecule has 4 amide bonds. The molecule has 0 aliphatic heterocycles. The lowest BCUT2D eigenvalue weighted by atomic mass is 10.1. The highest BCUT2D eigenvalue weighted by Crippen LogP contribution is 2.37. The quantitative estimate of drug-likeness (QED) is 0.0460. The zero-order valence-electron chi connectivity index (χ0n) is 26.7. The minimum absolute atomic E-state index is 0.0863. The van der Waals surface area contributed by atoms with Crippen molar-refractivity contribution in [3.63, 3.8) is 0 Å². The van der Waals surface area contributed by atoms with Gasteiger partial charge < -0.3 is 21.3 Å². The van der Waals surface area contributed by atoms with Crippen molar-refractivity contribution in [2.45, 2.75) is 17.1 Å². The second kappa shape index (κ2) is 16.5. The molecule has 0 spiro atoms. The highest BCUT2D eigenvalue weighted by molar-refractivity contribution is 8.00. The van der Waals surface area contributed by atoms with Gasteiger partial charge in [0.1, 0.15) is 10.9 Å². The van der Waals surface area contributed by atoms with Gasteiger partial charge in [0, 0.05) is 46.6 Å². The van der Waals surface area contributed by atoms with Crippen LogP contribution in [0.5, 0.6) is 0 Å². The Morgan fingerprint density at radius 1 is 0.700 bits per heavy atom. The predicted octanol–water partition coefficient (Wildman–Crippen LogP) is 7.43. The molecular weight excluding hydrogens is 655 g/mol. The predicted molar refractivity (Wildman–Crippen MR) is 194 cm³/mol. The van der Waals surface area contributed by atoms with Crippen molar-refractivity contribution < 1.29 is 24.1 Å². The average Bonchev–Trinajstić information content (AvgIpc) is 3.12. The van der Waals surface area contributed by atoms with E-state index in [1.54, 1.807) is 72.8 Å². The largest absolute Gasteiger partial charge is 0.326 e. The van der Waals surface area contributed by atoms with Crippen LogP contribution in [0.2, 0.25) is 0 Å². The second-order valence-corrected chi connectivity index (χ2v) is 12.0. The van der Waals surface area contributed by atoms with Gasteiger partial charge in [-0.1, -0.05) is 54.6 Å². The number of non-ortho nitro benzene ring substituents is 1. The normalized spacial score (nSPS) is 11.5. The summed E-state index contributed by atoms with van der Waals surface area (Å²) in [6, 6.07) is 36.9. The van der Waals surface area contributed by atoms with Gasteiger partial charge in [0.15, 0.2) is 0 Å². The summed E-state index contributed by atoms with van der Waals surface area (Å²) in [6.45, 7) is 1.42. The Kier molecular flexibility index (Phi) is 11.5. The lowest BCUT2D eigenvalue weighted by Crippen LogP contribution is -2.30. The maximum Gasteiger partial charge on any atom is 0.272 e. The fourth-order valence-electron chi connectivity index (χ4n) is 4.73. The number of carbonyl (C=O) groups is 4. The fraction of sp³-hybridized carbons (Fsp3) is 0.0526. The number of thioether (sulfide) groups is 1. The van der Waals surface area contributed by atoms with Crippen LogP contribution in [0.25, 0.3) is 6.08 Å². The maximum absolute atomic E-state index is 13.6. The van der Waals surface area contributed by atoms with E-state index in [-0.39, 0.29) is 23.2 Å². The average molecular weight is 686 g/mol. The van der Waals surface area contributed by atoms with E-state index in [0.29, 0.717) is 33.1 Å². The third-order valence-corrected chi connectivity index (χ3v) is 8.35. The molecule has 5 aromatic rings. The van der Waals surface area contributed by atoms with E-state index in [4.69, 9.17) is 0 Å². The molecule has 0 heterocycles. The minimum Gasteiger partial charge on any atom is -0.326 e. The molecule has 12 heteroatoms. The number of benzene rings is 5. The van der Waals surface area contributed by atoms with Crippen LogP contribution in [0.3, 0.4) is 0 Å². The Hall–Kier alpha value is -6.53. The van der Waals surface area contributed by atoms with E-state index in [9.17, 15) is 29.3 Å². The first kappa shape index (κ1) is 34.8. The first-order valence-electron chi connectivity index (χ1n) is 15.3. The molecule has 1 unspecified atom stereocenters. The molecular formula is C38H31N5O6S. The Balaban J connectivity index is 1.36. The van der Waals surface area contributed by atoms with Crippen LogP contribution in [0.4, 0.5) is 22.7 Å². The monoisotopic (exact) mass is 685 g/mol. The van der Waals surface area contributed by atoms with Crippen LogP contribution in [-0.4, -0.2) is 28.6 Å². The van der Waals surface area contributed by atoms with Gasteiger partial charge in [0.05, 0.1) is 4.92 Å². The lowest BCUT2D eigenvalue weighted by Gasteiger charge is -2.18. The van der Waals surface area contributed by atoms with Crippen molar-refractivity contribution in [3.05, 3.63) is 166 Å². The summed E-state index contributed by atoms with van der Waals surface area (Å²) in [6.07, 6.45) is 1.43.